The molecule has 1 aliphatic carbocycles. The quantitative estimate of drug-likeness (QED) is 0.390. The van der Waals surface area contributed by atoms with Crippen molar-refractivity contribution in [2.75, 3.05) is 5.73 Å². The first-order valence-corrected chi connectivity index (χ1v) is 11.0. The molecule has 3 aromatic heterocycles. The molecule has 1 fully saturated rings. The summed E-state index contributed by atoms with van der Waals surface area (Å²) in [6, 6.07) is 9.13. The van der Waals surface area contributed by atoms with E-state index >= 15 is 0 Å². The normalized spacial score (nSPS) is 13.5. The number of primary amides is 1. The molecule has 4 aromatic rings. The van der Waals surface area contributed by atoms with Gasteiger partial charge in [-0.2, -0.15) is 18.3 Å². The summed E-state index contributed by atoms with van der Waals surface area (Å²) in [4.78, 5) is 18.3. The molecule has 1 saturated carbocycles. The first kappa shape index (κ1) is 24.9. The van der Waals surface area contributed by atoms with E-state index in [1.54, 1.807) is 24.4 Å². The molecule has 0 radical (unpaired) electrons. The molecule has 7 nitrogen and oxygen atoms in total. The maximum Gasteiger partial charge on any atom is 0.433 e. The van der Waals surface area contributed by atoms with Crippen molar-refractivity contribution < 1.29 is 18.0 Å². The summed E-state index contributed by atoms with van der Waals surface area (Å²) < 4.78 is 38.7. The summed E-state index contributed by atoms with van der Waals surface area (Å²) in [6.45, 7) is 1.86. The van der Waals surface area contributed by atoms with E-state index in [4.69, 9.17) is 11.5 Å². The second kappa shape index (κ2) is 11.0. The number of para-hydroxylation sites is 1. The van der Waals surface area contributed by atoms with Gasteiger partial charge in [-0.05, 0) is 19.1 Å². The van der Waals surface area contributed by atoms with Gasteiger partial charge in [0.05, 0.1) is 16.8 Å². The molecular weight excluding hydrogens is 445 g/mol. The van der Waals surface area contributed by atoms with Gasteiger partial charge in [-0.3, -0.25) is 4.79 Å². The topological polar surface area (TPSA) is 112 Å². The Balaban J connectivity index is 0.000000155. The van der Waals surface area contributed by atoms with Crippen LogP contribution in [-0.4, -0.2) is 25.5 Å². The molecule has 0 unspecified atom stereocenters. The summed E-state index contributed by atoms with van der Waals surface area (Å²) in [5.41, 5.74) is 11.9. The number of nitrogens with zero attached hydrogens (tertiary/aromatic N) is 4. The van der Waals surface area contributed by atoms with Crippen molar-refractivity contribution in [1.29, 1.82) is 0 Å². The molecule has 1 amide bonds. The molecular formula is C24H27F3N6O. The number of fused-ring (bicyclic) bond motifs is 2. The van der Waals surface area contributed by atoms with Crippen LogP contribution in [0.15, 0.2) is 48.8 Å². The molecule has 0 atom stereocenters. The molecule has 4 N–H and O–H groups in total. The fraction of sp³-hybridized carbons (Fsp3) is 0.333. The van der Waals surface area contributed by atoms with Crippen LogP contribution in [0.1, 0.15) is 60.3 Å². The molecule has 0 bridgehead atoms. The predicted molar refractivity (Wildman–Crippen MR) is 125 cm³/mol. The minimum Gasteiger partial charge on any atom is -0.398 e. The van der Waals surface area contributed by atoms with Gasteiger partial charge >= 0.3 is 6.18 Å². The van der Waals surface area contributed by atoms with Crippen LogP contribution >= 0.6 is 0 Å². The maximum atomic E-state index is 12.4. The summed E-state index contributed by atoms with van der Waals surface area (Å²) >= 11 is 0. The highest BCUT2D eigenvalue weighted by molar-refractivity contribution is 5.92. The summed E-state index contributed by atoms with van der Waals surface area (Å²) in [5.74, 6) is -0.498. The largest absolute Gasteiger partial charge is 0.433 e. The number of carbonyl (C=O) groups excluding carboxylic acids is 1. The first-order chi connectivity index (χ1) is 16.1. The number of anilines is 1. The lowest BCUT2D eigenvalue weighted by Crippen LogP contribution is -2.12. The van der Waals surface area contributed by atoms with Crippen molar-refractivity contribution in [3.63, 3.8) is 0 Å². The number of alkyl halides is 3. The SMILES string of the molecule is C1CCCCC1.Cc1cc2ncc(C(N)=O)cn2n1.Nc1cc(C(F)(F)F)nc2ccccc12. The first-order valence-electron chi connectivity index (χ1n) is 11.0. The average Bonchev–Trinajstić information content (AvgIpc) is 3.20. The van der Waals surface area contributed by atoms with Gasteiger partial charge in [0.1, 0.15) is 5.69 Å². The number of nitrogen functional groups attached to an aromatic ring is 1. The Morgan fingerprint density at radius 3 is 2.24 bits per heavy atom. The van der Waals surface area contributed by atoms with E-state index in [-0.39, 0.29) is 11.2 Å². The Morgan fingerprint density at radius 1 is 1.03 bits per heavy atom. The number of pyridine rings is 1. The third-order valence-electron chi connectivity index (χ3n) is 5.26. The van der Waals surface area contributed by atoms with Crippen LogP contribution in [0.2, 0.25) is 0 Å². The van der Waals surface area contributed by atoms with Crippen LogP contribution < -0.4 is 11.5 Å². The van der Waals surface area contributed by atoms with Crippen molar-refractivity contribution in [2.45, 2.75) is 51.6 Å². The smallest absolute Gasteiger partial charge is 0.398 e. The van der Waals surface area contributed by atoms with Crippen molar-refractivity contribution in [2.24, 2.45) is 5.73 Å². The van der Waals surface area contributed by atoms with E-state index in [0.717, 1.165) is 11.8 Å². The third-order valence-corrected chi connectivity index (χ3v) is 5.26. The Labute approximate surface area is 195 Å². The Kier molecular flexibility index (Phi) is 8.04. The molecule has 0 spiro atoms. The molecule has 10 heteroatoms. The maximum absolute atomic E-state index is 12.4. The van der Waals surface area contributed by atoms with Crippen molar-refractivity contribution in [3.05, 3.63) is 65.7 Å². The monoisotopic (exact) mass is 472 g/mol. The number of carbonyl (C=O) groups is 1. The van der Waals surface area contributed by atoms with E-state index < -0.39 is 17.8 Å². The van der Waals surface area contributed by atoms with Gasteiger partial charge < -0.3 is 11.5 Å². The zero-order valence-electron chi connectivity index (χ0n) is 18.8. The van der Waals surface area contributed by atoms with E-state index in [9.17, 15) is 18.0 Å². The number of rotatable bonds is 1. The molecule has 34 heavy (non-hydrogen) atoms. The molecule has 0 aliphatic heterocycles. The molecule has 1 aliphatic rings. The van der Waals surface area contributed by atoms with Gasteiger partial charge in [-0.25, -0.2) is 14.5 Å². The van der Waals surface area contributed by atoms with Gasteiger partial charge in [0, 0.05) is 29.5 Å². The van der Waals surface area contributed by atoms with Gasteiger partial charge in [0.2, 0.25) is 0 Å². The second-order valence-electron chi connectivity index (χ2n) is 8.03. The zero-order chi connectivity index (χ0) is 24.7. The highest BCUT2D eigenvalue weighted by atomic mass is 19.4. The lowest BCUT2D eigenvalue weighted by Gasteiger charge is -2.08. The summed E-state index contributed by atoms with van der Waals surface area (Å²) in [7, 11) is 0. The predicted octanol–water partition coefficient (Wildman–Crippen LogP) is 5.31. The van der Waals surface area contributed by atoms with E-state index in [2.05, 4.69) is 15.1 Å². The number of nitrogens with two attached hydrogens (primary N) is 2. The van der Waals surface area contributed by atoms with E-state index in [1.165, 1.54) is 55.3 Å². The number of benzene rings is 1. The average molecular weight is 473 g/mol. The van der Waals surface area contributed by atoms with Gasteiger partial charge in [-0.15, -0.1) is 0 Å². The second-order valence-corrected chi connectivity index (χ2v) is 8.03. The van der Waals surface area contributed by atoms with Crippen molar-refractivity contribution in [1.82, 2.24) is 19.6 Å². The third kappa shape index (κ3) is 6.66. The molecule has 1 aromatic carbocycles. The molecule has 3 heterocycles. The number of amides is 1. The molecule has 180 valence electrons. The Morgan fingerprint density at radius 2 is 1.65 bits per heavy atom. The minimum atomic E-state index is -4.46. The highest BCUT2D eigenvalue weighted by Crippen LogP contribution is 2.31. The van der Waals surface area contributed by atoms with Crippen LogP contribution in [0.5, 0.6) is 0 Å². The van der Waals surface area contributed by atoms with E-state index in [1.807, 2.05) is 13.0 Å². The number of aryl methyl sites for hydroxylation is 1. The van der Waals surface area contributed by atoms with Crippen molar-refractivity contribution in [3.8, 4) is 0 Å². The fourth-order valence-corrected chi connectivity index (χ4v) is 3.53. The van der Waals surface area contributed by atoms with E-state index in [0.29, 0.717) is 16.6 Å². The van der Waals surface area contributed by atoms with Gasteiger partial charge in [0.25, 0.3) is 5.91 Å². The lowest BCUT2D eigenvalue weighted by molar-refractivity contribution is -0.140. The van der Waals surface area contributed by atoms with Crippen LogP contribution in [0.4, 0.5) is 18.9 Å². The standard InChI is InChI=1S/C10H7F3N2.C8H8N4O.C6H12/c11-10(12,13)9-5-7(14)6-3-1-2-4-8(6)15-9;1-5-2-7-10-3-6(8(9)13)4-12(7)11-5;1-2-4-6-5-3-1/h1-5H,(H2,14,15);2-4H,1H3,(H2,9,13);1-6H2. The number of aromatic nitrogens is 4. The lowest BCUT2D eigenvalue weighted by atomic mass is 10.0. The zero-order valence-corrected chi connectivity index (χ0v) is 18.8. The number of hydrogen-bond acceptors (Lipinski definition) is 5. The van der Waals surface area contributed by atoms with Crippen LogP contribution in [0.25, 0.3) is 16.6 Å². The molecule has 0 saturated heterocycles. The summed E-state index contributed by atoms with van der Waals surface area (Å²) in [5, 5.41) is 4.64. The Bertz CT molecular complexity index is 1250. The van der Waals surface area contributed by atoms with Crippen LogP contribution in [-0.2, 0) is 6.18 Å². The van der Waals surface area contributed by atoms with Crippen molar-refractivity contribution >= 4 is 28.1 Å². The minimum absolute atomic E-state index is 0.0907. The van der Waals surface area contributed by atoms with Crippen LogP contribution in [0, 0.1) is 6.92 Å². The summed E-state index contributed by atoms with van der Waals surface area (Å²) in [6.07, 6.45) is 7.55. The van der Waals surface area contributed by atoms with Gasteiger partial charge in [-0.1, -0.05) is 56.7 Å². The fourth-order valence-electron chi connectivity index (χ4n) is 3.53. The highest BCUT2D eigenvalue weighted by Gasteiger charge is 2.33. The number of halogens is 3. The Hall–Kier alpha value is -3.69. The van der Waals surface area contributed by atoms with Gasteiger partial charge in [0.15, 0.2) is 5.65 Å². The van der Waals surface area contributed by atoms with Crippen LogP contribution in [0.3, 0.4) is 0 Å². The molecule has 5 rings (SSSR count). The number of hydrogen-bond donors (Lipinski definition) is 2.